The molecule has 56 valence electrons. The van der Waals surface area contributed by atoms with Crippen molar-refractivity contribution in [2.75, 3.05) is 0 Å². The van der Waals surface area contributed by atoms with Crippen molar-refractivity contribution in [2.45, 2.75) is 12.5 Å². The number of rotatable bonds is 4. The molecular weight excluding hydrogens is 140 g/mol. The molecule has 3 N–H and O–H groups in total. The number of nitrogens with zero attached hydrogens (tertiary/aromatic N) is 1. The lowest BCUT2D eigenvalue weighted by Gasteiger charge is -1.98. The van der Waals surface area contributed by atoms with Crippen LogP contribution in [0.25, 0.3) is 0 Å². The molecule has 1 unspecified atom stereocenters. The van der Waals surface area contributed by atoms with Crippen LogP contribution < -0.4 is 0 Å². The van der Waals surface area contributed by atoms with Crippen LogP contribution in [0.1, 0.15) is 6.42 Å². The summed E-state index contributed by atoms with van der Waals surface area (Å²) in [6.07, 6.45) is -0.640. The zero-order valence-corrected chi connectivity index (χ0v) is 4.94. The lowest BCUT2D eigenvalue weighted by molar-refractivity contribution is -0.145. The van der Waals surface area contributed by atoms with Crippen LogP contribution in [0.5, 0.6) is 0 Å². The minimum Gasteiger partial charge on any atom is -0.481 e. The van der Waals surface area contributed by atoms with Crippen LogP contribution in [0.4, 0.5) is 0 Å². The van der Waals surface area contributed by atoms with Crippen molar-refractivity contribution in [3.05, 3.63) is 0 Å². The fraction of sp³-hybridized carbons (Fsp3) is 0.500. The Bertz CT molecular complexity index is 167. The maximum Gasteiger partial charge on any atom is 0.330 e. The molecule has 6 heteroatoms. The molecule has 0 heterocycles. The highest BCUT2D eigenvalue weighted by molar-refractivity contribution is 5.80. The summed E-state index contributed by atoms with van der Waals surface area (Å²) in [5.41, 5.74) is 6.26. The van der Waals surface area contributed by atoms with Crippen molar-refractivity contribution in [1.29, 1.82) is 5.53 Å². The van der Waals surface area contributed by atoms with Crippen molar-refractivity contribution in [1.82, 2.24) is 0 Å². The van der Waals surface area contributed by atoms with Gasteiger partial charge in [0, 0.05) is 0 Å². The van der Waals surface area contributed by atoms with Gasteiger partial charge < -0.3 is 10.2 Å². The summed E-state index contributed by atoms with van der Waals surface area (Å²) >= 11 is 0. The molecule has 0 radical (unpaired) electrons. The minimum atomic E-state index is -1.45. The van der Waals surface area contributed by atoms with Crippen LogP contribution in [0.3, 0.4) is 0 Å². The van der Waals surface area contributed by atoms with Crippen molar-refractivity contribution < 1.29 is 19.8 Å². The first-order valence-corrected chi connectivity index (χ1v) is 2.39. The summed E-state index contributed by atoms with van der Waals surface area (Å²) in [5.74, 6) is -2.67. The van der Waals surface area contributed by atoms with Gasteiger partial charge in [-0.25, -0.2) is 10.3 Å². The molecule has 10 heavy (non-hydrogen) atoms. The molecule has 6 nitrogen and oxygen atoms in total. The van der Waals surface area contributed by atoms with Crippen LogP contribution in [0.2, 0.25) is 0 Å². The summed E-state index contributed by atoms with van der Waals surface area (Å²) in [5, 5.41) is 18.8. The SMILES string of the molecule is N=NC(CC(=O)O)C(=O)O. The molecule has 0 aliphatic carbocycles. The average Bonchev–Trinajstić information content (AvgIpc) is 1.81. The molecule has 0 aromatic carbocycles. The second-order valence-electron chi connectivity index (χ2n) is 1.58. The van der Waals surface area contributed by atoms with E-state index in [9.17, 15) is 9.59 Å². The highest BCUT2D eigenvalue weighted by Gasteiger charge is 2.19. The van der Waals surface area contributed by atoms with E-state index in [0.29, 0.717) is 0 Å². The first-order chi connectivity index (χ1) is 4.57. The molecule has 0 saturated carbocycles. The number of carboxylic acid groups (broad SMARTS) is 2. The molecule has 0 aromatic rings. The molecule has 0 amide bonds. The monoisotopic (exact) mass is 146 g/mol. The first-order valence-electron chi connectivity index (χ1n) is 2.39. The molecule has 0 saturated heterocycles. The van der Waals surface area contributed by atoms with E-state index >= 15 is 0 Å². The molecule has 0 fully saturated rings. The van der Waals surface area contributed by atoms with Gasteiger partial charge in [-0.2, -0.15) is 5.11 Å². The first kappa shape index (κ1) is 8.54. The average molecular weight is 146 g/mol. The second kappa shape index (κ2) is 3.54. The third-order valence-electron chi connectivity index (χ3n) is 0.809. The zero-order chi connectivity index (χ0) is 8.15. The molecule has 0 bridgehead atoms. The summed E-state index contributed by atoms with van der Waals surface area (Å²) in [6.45, 7) is 0. The fourth-order valence-corrected chi connectivity index (χ4v) is 0.354. The van der Waals surface area contributed by atoms with E-state index in [0.717, 1.165) is 0 Å². The van der Waals surface area contributed by atoms with Crippen LogP contribution in [0, 0.1) is 5.53 Å². The highest BCUT2D eigenvalue weighted by atomic mass is 16.4. The van der Waals surface area contributed by atoms with Gasteiger partial charge in [-0.15, -0.1) is 0 Å². The molecule has 0 aliphatic heterocycles. The number of aliphatic carboxylic acids is 2. The van der Waals surface area contributed by atoms with E-state index in [-0.39, 0.29) is 0 Å². The van der Waals surface area contributed by atoms with Gasteiger partial charge in [-0.05, 0) is 0 Å². The Labute approximate surface area is 56.0 Å². The molecule has 0 spiro atoms. The minimum absolute atomic E-state index is 0.640. The van der Waals surface area contributed by atoms with E-state index < -0.39 is 24.4 Å². The number of hydrogen-bond donors (Lipinski definition) is 3. The van der Waals surface area contributed by atoms with Crippen LogP contribution in [-0.4, -0.2) is 28.2 Å². The van der Waals surface area contributed by atoms with Crippen molar-refractivity contribution in [3.63, 3.8) is 0 Å². The van der Waals surface area contributed by atoms with Crippen molar-refractivity contribution in [3.8, 4) is 0 Å². The van der Waals surface area contributed by atoms with Crippen LogP contribution >= 0.6 is 0 Å². The Hall–Kier alpha value is -1.46. The third kappa shape index (κ3) is 2.75. The van der Waals surface area contributed by atoms with Gasteiger partial charge >= 0.3 is 11.9 Å². The predicted octanol–water partition coefficient (Wildman–Crippen LogP) is -0.0547. The summed E-state index contributed by atoms with van der Waals surface area (Å²) in [6, 6.07) is -1.45. The van der Waals surface area contributed by atoms with Gasteiger partial charge in [0.15, 0.2) is 6.04 Å². The largest absolute Gasteiger partial charge is 0.481 e. The van der Waals surface area contributed by atoms with E-state index in [1.807, 2.05) is 0 Å². The summed E-state index contributed by atoms with van der Waals surface area (Å²) in [7, 11) is 0. The second-order valence-corrected chi connectivity index (χ2v) is 1.58. The lowest BCUT2D eigenvalue weighted by Crippen LogP contribution is -2.20. The Balaban J connectivity index is 3.96. The predicted molar refractivity (Wildman–Crippen MR) is 28.8 cm³/mol. The number of carbonyl (C=O) groups is 2. The lowest BCUT2D eigenvalue weighted by atomic mass is 10.2. The van der Waals surface area contributed by atoms with E-state index in [1.165, 1.54) is 0 Å². The topological polar surface area (TPSA) is 111 Å². The molecule has 1 atom stereocenters. The molecule has 0 aliphatic rings. The van der Waals surface area contributed by atoms with E-state index in [1.54, 1.807) is 0 Å². The van der Waals surface area contributed by atoms with Gasteiger partial charge in [-0.1, -0.05) is 0 Å². The number of nitrogens with one attached hydrogen (secondary N) is 1. The van der Waals surface area contributed by atoms with Crippen LogP contribution in [-0.2, 0) is 9.59 Å². The Kier molecular flexibility index (Phi) is 3.03. The van der Waals surface area contributed by atoms with Gasteiger partial charge in [0.25, 0.3) is 0 Å². The Morgan fingerprint density at radius 1 is 1.50 bits per heavy atom. The fourth-order valence-electron chi connectivity index (χ4n) is 0.354. The summed E-state index contributed by atoms with van der Waals surface area (Å²) < 4.78 is 0. The van der Waals surface area contributed by atoms with Gasteiger partial charge in [-0.3, -0.25) is 4.79 Å². The Morgan fingerprint density at radius 3 is 2.10 bits per heavy atom. The highest BCUT2D eigenvalue weighted by Crippen LogP contribution is 1.96. The molecule has 0 aromatic heterocycles. The normalized spacial score (nSPS) is 12.0. The number of carboxylic acids is 2. The quantitative estimate of drug-likeness (QED) is 0.482. The Morgan fingerprint density at radius 2 is 2.00 bits per heavy atom. The van der Waals surface area contributed by atoms with E-state index in [4.69, 9.17) is 15.7 Å². The van der Waals surface area contributed by atoms with E-state index in [2.05, 4.69) is 5.11 Å². The van der Waals surface area contributed by atoms with Crippen molar-refractivity contribution in [2.24, 2.45) is 5.11 Å². The maximum absolute atomic E-state index is 9.99. The van der Waals surface area contributed by atoms with Gasteiger partial charge in [0.1, 0.15) is 0 Å². The third-order valence-corrected chi connectivity index (χ3v) is 0.809. The van der Waals surface area contributed by atoms with Gasteiger partial charge in [0.2, 0.25) is 0 Å². The van der Waals surface area contributed by atoms with Gasteiger partial charge in [0.05, 0.1) is 6.42 Å². The smallest absolute Gasteiger partial charge is 0.330 e. The maximum atomic E-state index is 9.99. The number of hydrogen-bond acceptors (Lipinski definition) is 4. The zero-order valence-electron chi connectivity index (χ0n) is 4.94. The standard InChI is InChI=1S/C4H6N2O4/c5-6-2(4(9)10)1-3(7)8/h2,5H,1H2,(H,7,8)(H,9,10). The molecular formula is C4H6N2O4. The van der Waals surface area contributed by atoms with Crippen LogP contribution in [0.15, 0.2) is 5.11 Å². The van der Waals surface area contributed by atoms with Crippen molar-refractivity contribution >= 4 is 11.9 Å². The summed E-state index contributed by atoms with van der Waals surface area (Å²) in [4.78, 5) is 19.9. The molecule has 0 rings (SSSR count).